The first-order valence-corrected chi connectivity index (χ1v) is 7.50. The summed E-state index contributed by atoms with van der Waals surface area (Å²) in [5.74, 6) is 1.95. The molecular weight excluding hydrogens is 308 g/mol. The lowest BCUT2D eigenvalue weighted by Gasteiger charge is -2.09. The van der Waals surface area contributed by atoms with Crippen molar-refractivity contribution < 1.29 is 24.1 Å². The summed E-state index contributed by atoms with van der Waals surface area (Å²) in [6, 6.07) is 10.9. The zero-order valence-corrected chi connectivity index (χ0v) is 14.1. The Balaban J connectivity index is 1.86. The van der Waals surface area contributed by atoms with Crippen molar-refractivity contribution in [1.82, 2.24) is 0 Å². The van der Waals surface area contributed by atoms with Crippen molar-refractivity contribution in [1.29, 1.82) is 0 Å². The van der Waals surface area contributed by atoms with Gasteiger partial charge in [-0.25, -0.2) is 0 Å². The van der Waals surface area contributed by atoms with Crippen LogP contribution in [0.15, 0.2) is 42.5 Å². The van der Waals surface area contributed by atoms with Gasteiger partial charge in [0.05, 0.1) is 34.5 Å². The van der Waals surface area contributed by atoms with E-state index in [-0.39, 0.29) is 5.75 Å². The van der Waals surface area contributed by atoms with Gasteiger partial charge in [0.25, 0.3) is 0 Å². The number of rotatable bonds is 8. The third-order valence-electron chi connectivity index (χ3n) is 3.44. The van der Waals surface area contributed by atoms with Gasteiger partial charge < -0.3 is 24.1 Å². The number of benzene rings is 2. The first kappa shape index (κ1) is 17.7. The first-order chi connectivity index (χ1) is 11.7. The molecule has 0 amide bonds. The molecule has 0 spiro atoms. The fourth-order valence-electron chi connectivity index (χ4n) is 2.20. The maximum Gasteiger partial charge on any atom is 0.161 e. The van der Waals surface area contributed by atoms with Crippen LogP contribution in [-0.4, -0.2) is 33.0 Å². The van der Waals surface area contributed by atoms with Gasteiger partial charge in [-0.05, 0) is 35.4 Å². The summed E-state index contributed by atoms with van der Waals surface area (Å²) in [5.41, 5.74) is 1.94. The quantitative estimate of drug-likeness (QED) is 0.749. The largest absolute Gasteiger partial charge is 0.504 e. The number of ether oxygens (including phenoxy) is 4. The Hall–Kier alpha value is -2.66. The number of phenols is 1. The molecular formula is C19H22O5. The van der Waals surface area contributed by atoms with Crippen LogP contribution >= 0.6 is 0 Å². The van der Waals surface area contributed by atoms with E-state index in [0.717, 1.165) is 11.1 Å². The normalized spacial score (nSPS) is 10.8. The molecule has 128 valence electrons. The van der Waals surface area contributed by atoms with E-state index in [2.05, 4.69) is 0 Å². The van der Waals surface area contributed by atoms with Crippen molar-refractivity contribution in [3.63, 3.8) is 0 Å². The van der Waals surface area contributed by atoms with E-state index in [1.165, 1.54) is 7.11 Å². The molecule has 0 radical (unpaired) electrons. The van der Waals surface area contributed by atoms with Crippen LogP contribution in [0.2, 0.25) is 0 Å². The van der Waals surface area contributed by atoms with Crippen molar-refractivity contribution in [2.45, 2.75) is 6.61 Å². The number of phenolic OH excluding ortho intramolecular Hbond substituents is 1. The Kier molecular flexibility index (Phi) is 6.51. The van der Waals surface area contributed by atoms with Crippen molar-refractivity contribution in [3.8, 4) is 23.0 Å². The molecule has 0 saturated carbocycles. The Labute approximate surface area is 142 Å². The van der Waals surface area contributed by atoms with Crippen molar-refractivity contribution in [2.24, 2.45) is 0 Å². The molecule has 24 heavy (non-hydrogen) atoms. The van der Waals surface area contributed by atoms with Crippen LogP contribution in [0.3, 0.4) is 0 Å². The summed E-state index contributed by atoms with van der Waals surface area (Å²) in [4.78, 5) is 0. The minimum atomic E-state index is 0.124. The van der Waals surface area contributed by atoms with E-state index < -0.39 is 0 Å². The Morgan fingerprint density at radius 3 is 2.33 bits per heavy atom. The molecule has 0 atom stereocenters. The molecule has 0 heterocycles. The number of hydrogen-bond donors (Lipinski definition) is 1. The monoisotopic (exact) mass is 330 g/mol. The standard InChI is InChI=1S/C19H22O5/c1-21-17-9-7-15(12-19(17)23-3)13-24-10-4-5-14-6-8-16(20)18(11-14)22-2/h4-9,11-12,20H,10,13H2,1-3H3/b5-4+. The lowest BCUT2D eigenvalue weighted by molar-refractivity contribution is 0.149. The zero-order valence-electron chi connectivity index (χ0n) is 14.1. The molecule has 0 aliphatic rings. The molecule has 5 heteroatoms. The van der Waals surface area contributed by atoms with Crippen LogP contribution in [0, 0.1) is 0 Å². The van der Waals surface area contributed by atoms with Crippen LogP contribution in [-0.2, 0) is 11.3 Å². The van der Waals surface area contributed by atoms with Gasteiger partial charge >= 0.3 is 0 Å². The van der Waals surface area contributed by atoms with Crippen molar-refractivity contribution in [3.05, 3.63) is 53.6 Å². The lowest BCUT2D eigenvalue weighted by atomic mass is 10.2. The number of methoxy groups -OCH3 is 3. The van der Waals surface area contributed by atoms with Gasteiger partial charge in [-0.2, -0.15) is 0 Å². The van der Waals surface area contributed by atoms with E-state index in [4.69, 9.17) is 18.9 Å². The Morgan fingerprint density at radius 2 is 1.62 bits per heavy atom. The molecule has 2 rings (SSSR count). The summed E-state index contributed by atoms with van der Waals surface area (Å²) in [5, 5.41) is 9.56. The third-order valence-corrected chi connectivity index (χ3v) is 3.44. The SMILES string of the molecule is COc1cc(/C=C/COCc2ccc(OC)c(OC)c2)ccc1O. The maximum absolute atomic E-state index is 9.56. The second-order valence-electron chi connectivity index (χ2n) is 5.04. The van der Waals surface area contributed by atoms with Gasteiger partial charge in [-0.1, -0.05) is 24.3 Å². The fourth-order valence-corrected chi connectivity index (χ4v) is 2.20. The molecule has 0 saturated heterocycles. The summed E-state index contributed by atoms with van der Waals surface area (Å²) < 4.78 is 21.2. The molecule has 0 fully saturated rings. The minimum absolute atomic E-state index is 0.124. The van der Waals surface area contributed by atoms with Gasteiger partial charge in [0.15, 0.2) is 23.0 Å². The van der Waals surface area contributed by atoms with E-state index in [0.29, 0.717) is 30.5 Å². The van der Waals surface area contributed by atoms with E-state index >= 15 is 0 Å². The summed E-state index contributed by atoms with van der Waals surface area (Å²) in [6.07, 6.45) is 3.82. The van der Waals surface area contributed by atoms with E-state index in [1.54, 1.807) is 26.4 Å². The van der Waals surface area contributed by atoms with Crippen LogP contribution in [0.1, 0.15) is 11.1 Å². The lowest BCUT2D eigenvalue weighted by Crippen LogP contribution is -1.96. The zero-order chi connectivity index (χ0) is 17.4. The van der Waals surface area contributed by atoms with Crippen LogP contribution < -0.4 is 14.2 Å². The highest BCUT2D eigenvalue weighted by Gasteiger charge is 2.04. The van der Waals surface area contributed by atoms with Gasteiger partial charge in [0, 0.05) is 0 Å². The summed E-state index contributed by atoms with van der Waals surface area (Å²) in [7, 11) is 4.74. The minimum Gasteiger partial charge on any atom is -0.504 e. The van der Waals surface area contributed by atoms with Crippen molar-refractivity contribution >= 4 is 6.08 Å². The summed E-state index contributed by atoms with van der Waals surface area (Å²) >= 11 is 0. The molecule has 0 aliphatic heterocycles. The molecule has 0 unspecified atom stereocenters. The highest BCUT2D eigenvalue weighted by Crippen LogP contribution is 2.28. The number of aromatic hydroxyl groups is 1. The van der Waals surface area contributed by atoms with Crippen molar-refractivity contribution in [2.75, 3.05) is 27.9 Å². The predicted molar refractivity (Wildman–Crippen MR) is 92.9 cm³/mol. The first-order valence-electron chi connectivity index (χ1n) is 7.50. The molecule has 2 aromatic rings. The molecule has 0 aromatic heterocycles. The van der Waals surface area contributed by atoms with Crippen LogP contribution in [0.5, 0.6) is 23.0 Å². The topological polar surface area (TPSA) is 57.2 Å². The molecule has 5 nitrogen and oxygen atoms in total. The highest BCUT2D eigenvalue weighted by atomic mass is 16.5. The van der Waals surface area contributed by atoms with E-state index in [9.17, 15) is 5.11 Å². The second kappa shape index (κ2) is 8.84. The maximum atomic E-state index is 9.56. The third kappa shape index (κ3) is 4.67. The number of hydrogen-bond acceptors (Lipinski definition) is 5. The van der Waals surface area contributed by atoms with E-state index in [1.807, 2.05) is 36.4 Å². The average molecular weight is 330 g/mol. The molecule has 1 N–H and O–H groups in total. The van der Waals surface area contributed by atoms with Gasteiger partial charge in [0.1, 0.15) is 0 Å². The fraction of sp³-hybridized carbons (Fsp3) is 0.263. The van der Waals surface area contributed by atoms with Gasteiger partial charge in [-0.3, -0.25) is 0 Å². The Bertz CT molecular complexity index is 694. The Morgan fingerprint density at radius 1 is 0.875 bits per heavy atom. The second-order valence-corrected chi connectivity index (χ2v) is 5.04. The predicted octanol–water partition coefficient (Wildman–Crippen LogP) is 3.65. The summed E-state index contributed by atoms with van der Waals surface area (Å²) in [6.45, 7) is 0.946. The molecule has 0 bridgehead atoms. The van der Waals surface area contributed by atoms with Gasteiger partial charge in [0.2, 0.25) is 0 Å². The van der Waals surface area contributed by atoms with Crippen LogP contribution in [0.4, 0.5) is 0 Å². The van der Waals surface area contributed by atoms with Crippen LogP contribution in [0.25, 0.3) is 6.08 Å². The smallest absolute Gasteiger partial charge is 0.161 e. The highest BCUT2D eigenvalue weighted by molar-refractivity contribution is 5.55. The average Bonchev–Trinajstić information content (AvgIpc) is 2.62. The molecule has 0 aliphatic carbocycles. The van der Waals surface area contributed by atoms with Gasteiger partial charge in [-0.15, -0.1) is 0 Å². The molecule has 2 aromatic carbocycles.